The van der Waals surface area contributed by atoms with Crippen molar-refractivity contribution in [3.8, 4) is 44.5 Å². The number of benzene rings is 10. The molecule has 2 aliphatic carbocycles. The van der Waals surface area contributed by atoms with E-state index in [1.807, 2.05) is 0 Å². The summed E-state index contributed by atoms with van der Waals surface area (Å²) in [7, 11) is 2.17. The monoisotopic (exact) mass is 1030 g/mol. The molecule has 0 N–H and O–H groups in total. The molecule has 12 rings (SSSR count). The second kappa shape index (κ2) is 23.3. The predicted molar refractivity (Wildman–Crippen MR) is 338 cm³/mol. The number of rotatable bonds is 21. The summed E-state index contributed by atoms with van der Waals surface area (Å²) in [5.41, 5.74) is 25.3. The van der Waals surface area contributed by atoms with Crippen LogP contribution in [0.4, 0.5) is 45.5 Å². The van der Waals surface area contributed by atoms with Crippen LogP contribution in [0.2, 0.25) is 0 Å². The molecule has 0 fully saturated rings. The molecule has 3 nitrogen and oxygen atoms in total. The minimum Gasteiger partial charge on any atom is -0.345 e. The molecule has 0 aromatic heterocycles. The highest BCUT2D eigenvalue weighted by molar-refractivity contribution is 5.87. The Bertz CT molecular complexity index is 3590. The van der Waals surface area contributed by atoms with E-state index in [1.165, 1.54) is 155 Å². The first kappa shape index (κ1) is 51.4. The molecular weight excluding hydrogens is 955 g/mol. The highest BCUT2D eigenvalue weighted by atomic mass is 15.1. The van der Waals surface area contributed by atoms with Gasteiger partial charge in [0.2, 0.25) is 0 Å². The molecule has 0 radical (unpaired) electrons. The molecule has 3 heteroatoms. The molecule has 0 bridgehead atoms. The summed E-state index contributed by atoms with van der Waals surface area (Å²) in [6.07, 6.45) is 14.9. The lowest BCUT2D eigenvalue weighted by Gasteiger charge is -2.34. The molecule has 10 aromatic carbocycles. The summed E-state index contributed by atoms with van der Waals surface area (Å²) in [6, 6.07) is 90.5. The third kappa shape index (κ3) is 10.6. The van der Waals surface area contributed by atoms with E-state index in [-0.39, 0.29) is 5.41 Å². The molecular formula is C76H73N3. The first-order valence-corrected chi connectivity index (χ1v) is 29.3. The fourth-order valence-electron chi connectivity index (χ4n) is 12.7. The van der Waals surface area contributed by atoms with Crippen LogP contribution in [0.5, 0.6) is 0 Å². The summed E-state index contributed by atoms with van der Waals surface area (Å²) < 4.78 is 0. The Morgan fingerprint density at radius 2 is 0.734 bits per heavy atom. The molecule has 0 saturated heterocycles. The van der Waals surface area contributed by atoms with Gasteiger partial charge in [0.25, 0.3) is 0 Å². The maximum absolute atomic E-state index is 2.58. The highest BCUT2D eigenvalue weighted by Gasteiger charge is 2.42. The van der Waals surface area contributed by atoms with Gasteiger partial charge in [0, 0.05) is 58.0 Å². The van der Waals surface area contributed by atoms with E-state index in [4.69, 9.17) is 0 Å². The summed E-state index contributed by atoms with van der Waals surface area (Å²) in [6.45, 7) is 4.65. The lowest BCUT2D eigenvalue weighted by Crippen LogP contribution is -2.26. The lowest BCUT2D eigenvalue weighted by molar-refractivity contribution is 0.401. The normalized spacial score (nSPS) is 12.7. The number of nitrogens with zero attached hydrogens (tertiary/aromatic N) is 3. The topological polar surface area (TPSA) is 9.72 Å². The summed E-state index contributed by atoms with van der Waals surface area (Å²) >= 11 is 0. The summed E-state index contributed by atoms with van der Waals surface area (Å²) in [5.74, 6) is 0. The number of unbranched alkanes of at least 4 members (excludes halogenated alkanes) is 6. The molecule has 392 valence electrons. The molecule has 0 amide bonds. The van der Waals surface area contributed by atoms with Crippen LogP contribution in [0, 0.1) is 0 Å². The molecule has 0 aliphatic heterocycles. The third-order valence-electron chi connectivity index (χ3n) is 17.2. The fourth-order valence-corrected chi connectivity index (χ4v) is 12.7. The number of hydrogen-bond acceptors (Lipinski definition) is 3. The third-order valence-corrected chi connectivity index (χ3v) is 17.2. The minimum absolute atomic E-state index is 0.0169. The standard InChI is InChI=1S/C76H73N3/c1-4-6-8-18-51-76(52-19-9-7-5-2)74-28-17-16-27-72(74)73-50-49-71(55-75(73)76)79(69-47-39-59(40-48-69)58-35-43-67(44-36-58)78(65-22-12-10-13-23-65)66-24-14-11-15-25-66)68-45-37-57(38-46-68)56-33-41-64(42-34-56)77(3)70-26-20-21-61(54-70)63-32-30-60-29-31-62(60)53-63/h10-17,20-28,30,32-50,53-55H,4-9,18-19,29,31,51-52H2,1-3H3. The number of anilines is 8. The molecule has 10 aromatic rings. The Hall–Kier alpha value is -8.40. The Kier molecular flexibility index (Phi) is 15.1. The Balaban J connectivity index is 0.876. The van der Waals surface area contributed by atoms with Gasteiger partial charge in [-0.05, 0) is 190 Å². The fraction of sp³-hybridized carbons (Fsp3) is 0.211. The van der Waals surface area contributed by atoms with Crippen molar-refractivity contribution in [3.63, 3.8) is 0 Å². The first-order chi connectivity index (χ1) is 39.0. The zero-order valence-corrected chi connectivity index (χ0v) is 46.4. The van der Waals surface area contributed by atoms with Crippen LogP contribution in [-0.4, -0.2) is 7.05 Å². The van der Waals surface area contributed by atoms with Crippen LogP contribution in [-0.2, 0) is 18.3 Å². The summed E-state index contributed by atoms with van der Waals surface area (Å²) in [4.78, 5) is 7.10. The van der Waals surface area contributed by atoms with Crippen molar-refractivity contribution in [2.75, 3.05) is 21.7 Å². The van der Waals surface area contributed by atoms with Gasteiger partial charge in [-0.25, -0.2) is 0 Å². The zero-order chi connectivity index (χ0) is 53.5. The molecule has 0 atom stereocenters. The number of hydrogen-bond donors (Lipinski definition) is 0. The molecule has 0 heterocycles. The van der Waals surface area contributed by atoms with Gasteiger partial charge < -0.3 is 14.7 Å². The van der Waals surface area contributed by atoms with Gasteiger partial charge in [0.05, 0.1) is 0 Å². The van der Waals surface area contributed by atoms with Crippen molar-refractivity contribution in [1.29, 1.82) is 0 Å². The molecule has 2 aliphatic rings. The van der Waals surface area contributed by atoms with Crippen molar-refractivity contribution in [3.05, 3.63) is 265 Å². The van der Waals surface area contributed by atoms with E-state index in [1.54, 1.807) is 0 Å². The van der Waals surface area contributed by atoms with E-state index in [0.717, 1.165) is 34.1 Å². The van der Waals surface area contributed by atoms with Gasteiger partial charge in [-0.15, -0.1) is 0 Å². The second-order valence-corrected chi connectivity index (χ2v) is 22.1. The van der Waals surface area contributed by atoms with E-state index in [0.29, 0.717) is 0 Å². The van der Waals surface area contributed by atoms with E-state index in [2.05, 4.69) is 278 Å². The molecule has 0 saturated carbocycles. The van der Waals surface area contributed by atoms with Gasteiger partial charge in [-0.1, -0.05) is 211 Å². The van der Waals surface area contributed by atoms with Crippen molar-refractivity contribution >= 4 is 45.5 Å². The van der Waals surface area contributed by atoms with Gasteiger partial charge in [0.1, 0.15) is 0 Å². The van der Waals surface area contributed by atoms with E-state index in [9.17, 15) is 0 Å². The van der Waals surface area contributed by atoms with Gasteiger partial charge >= 0.3 is 0 Å². The Morgan fingerprint density at radius 1 is 0.304 bits per heavy atom. The number of aryl methyl sites for hydroxylation is 2. The van der Waals surface area contributed by atoms with Crippen molar-refractivity contribution in [2.45, 2.75) is 96.3 Å². The smallest absolute Gasteiger partial charge is 0.0465 e. The predicted octanol–water partition coefficient (Wildman–Crippen LogP) is 21.7. The van der Waals surface area contributed by atoms with Crippen LogP contribution in [0.25, 0.3) is 44.5 Å². The molecule has 79 heavy (non-hydrogen) atoms. The van der Waals surface area contributed by atoms with Crippen LogP contribution in [0.3, 0.4) is 0 Å². The Labute approximate surface area is 470 Å². The maximum Gasteiger partial charge on any atom is 0.0465 e. The SMILES string of the molecule is CCCCCCC1(CCCCCC)c2ccccc2-c2ccc(N(c3ccc(-c4ccc(N(C)c5cccc(-c6ccc7c(c6)CC7)c5)cc4)cc3)c3ccc(-c4ccc(N(c5ccccc5)c5ccccc5)cc4)cc3)cc21. The average Bonchev–Trinajstić information content (AvgIpc) is 4.01. The highest BCUT2D eigenvalue weighted by Crippen LogP contribution is 2.56. The first-order valence-electron chi connectivity index (χ1n) is 29.3. The summed E-state index contributed by atoms with van der Waals surface area (Å²) in [5, 5.41) is 0. The van der Waals surface area contributed by atoms with Crippen molar-refractivity contribution in [1.82, 2.24) is 0 Å². The molecule has 0 spiro atoms. The van der Waals surface area contributed by atoms with Gasteiger partial charge in [0.15, 0.2) is 0 Å². The van der Waals surface area contributed by atoms with Gasteiger partial charge in [-0.2, -0.15) is 0 Å². The largest absolute Gasteiger partial charge is 0.345 e. The van der Waals surface area contributed by atoms with Crippen LogP contribution < -0.4 is 14.7 Å². The minimum atomic E-state index is -0.0169. The number of para-hydroxylation sites is 2. The number of fused-ring (bicyclic) bond motifs is 4. The molecule has 0 unspecified atom stereocenters. The van der Waals surface area contributed by atoms with Gasteiger partial charge in [-0.3, -0.25) is 0 Å². The quantitative estimate of drug-likeness (QED) is 0.0664. The van der Waals surface area contributed by atoms with E-state index < -0.39 is 0 Å². The zero-order valence-electron chi connectivity index (χ0n) is 46.4. The van der Waals surface area contributed by atoms with Crippen LogP contribution in [0.15, 0.2) is 243 Å². The van der Waals surface area contributed by atoms with Crippen molar-refractivity contribution < 1.29 is 0 Å². The average molecular weight is 1030 g/mol. The lowest BCUT2D eigenvalue weighted by atomic mass is 9.70. The maximum atomic E-state index is 2.58. The second-order valence-electron chi connectivity index (χ2n) is 22.1. The van der Waals surface area contributed by atoms with Crippen molar-refractivity contribution in [2.24, 2.45) is 0 Å². The van der Waals surface area contributed by atoms with E-state index >= 15 is 0 Å². The van der Waals surface area contributed by atoms with Crippen LogP contribution in [0.1, 0.15) is 100 Å². The van der Waals surface area contributed by atoms with Crippen LogP contribution >= 0.6 is 0 Å². The Morgan fingerprint density at radius 3 is 1.25 bits per heavy atom.